The van der Waals surface area contributed by atoms with Gasteiger partial charge in [-0.15, -0.1) is 0 Å². The Labute approximate surface area is 143 Å². The summed E-state index contributed by atoms with van der Waals surface area (Å²) in [5.41, 5.74) is 1.32. The fourth-order valence-electron chi connectivity index (χ4n) is 2.47. The zero-order chi connectivity index (χ0) is 18.1. The fourth-order valence-corrected chi connectivity index (χ4v) is 2.47. The molecule has 0 fully saturated rings. The van der Waals surface area contributed by atoms with Crippen molar-refractivity contribution in [3.63, 3.8) is 0 Å². The van der Waals surface area contributed by atoms with Gasteiger partial charge in [0.2, 0.25) is 0 Å². The first-order valence-electron chi connectivity index (χ1n) is 7.84. The number of pyridine rings is 1. The number of carboxylic acid groups (broad SMARTS) is 1. The molecule has 0 bridgehead atoms. The van der Waals surface area contributed by atoms with Crippen molar-refractivity contribution in [2.45, 2.75) is 32.9 Å². The number of fused-ring (bicyclic) bond motifs is 1. The Morgan fingerprint density at radius 2 is 2.08 bits per heavy atom. The number of nitrogens with zero attached hydrogens (tertiary/aromatic N) is 3. The van der Waals surface area contributed by atoms with Gasteiger partial charge >= 0.3 is 5.97 Å². The third-order valence-electron chi connectivity index (χ3n) is 3.79. The second kappa shape index (κ2) is 6.39. The van der Waals surface area contributed by atoms with Crippen LogP contribution >= 0.6 is 0 Å². The lowest BCUT2D eigenvalue weighted by molar-refractivity contribution is -0.138. The first-order chi connectivity index (χ1) is 11.9. The fraction of sp³-hybridized carbons (Fsp3) is 0.294. The SMILES string of the molecule is CC(C)n1ncc2c(C(=O)N[C@@H](C)C(=O)O)cc(-c3ccco3)nc21. The Bertz CT molecular complexity index is 928. The van der Waals surface area contributed by atoms with Gasteiger partial charge in [-0.2, -0.15) is 5.10 Å². The maximum Gasteiger partial charge on any atom is 0.325 e. The third kappa shape index (κ3) is 3.10. The van der Waals surface area contributed by atoms with Crippen LogP contribution in [0.1, 0.15) is 37.2 Å². The van der Waals surface area contributed by atoms with Gasteiger partial charge in [-0.05, 0) is 39.0 Å². The molecule has 1 atom stereocenters. The number of amides is 1. The van der Waals surface area contributed by atoms with E-state index in [-0.39, 0.29) is 6.04 Å². The topological polar surface area (TPSA) is 110 Å². The molecule has 3 rings (SSSR count). The van der Waals surface area contributed by atoms with Gasteiger partial charge in [-0.3, -0.25) is 9.59 Å². The second-order valence-electron chi connectivity index (χ2n) is 5.99. The average Bonchev–Trinajstić information content (AvgIpc) is 3.22. The van der Waals surface area contributed by atoms with E-state index in [0.29, 0.717) is 28.1 Å². The number of furan rings is 1. The Morgan fingerprint density at radius 1 is 1.32 bits per heavy atom. The van der Waals surface area contributed by atoms with Gasteiger partial charge in [0.15, 0.2) is 11.4 Å². The van der Waals surface area contributed by atoms with Crippen LogP contribution < -0.4 is 5.32 Å². The molecular formula is C17H18N4O4. The monoisotopic (exact) mass is 342 g/mol. The quantitative estimate of drug-likeness (QED) is 0.737. The maximum atomic E-state index is 12.6. The molecule has 0 aliphatic carbocycles. The summed E-state index contributed by atoms with van der Waals surface area (Å²) in [4.78, 5) is 28.2. The van der Waals surface area contributed by atoms with Gasteiger partial charge in [0.1, 0.15) is 11.7 Å². The van der Waals surface area contributed by atoms with Crippen molar-refractivity contribution in [3.8, 4) is 11.5 Å². The van der Waals surface area contributed by atoms with Crippen molar-refractivity contribution in [1.29, 1.82) is 0 Å². The number of carbonyl (C=O) groups excluding carboxylic acids is 1. The number of aliphatic carboxylic acids is 1. The molecule has 3 aromatic rings. The van der Waals surface area contributed by atoms with Crippen LogP contribution in [0.15, 0.2) is 35.1 Å². The highest BCUT2D eigenvalue weighted by atomic mass is 16.4. The summed E-state index contributed by atoms with van der Waals surface area (Å²) in [6, 6.07) is 4.09. The molecule has 0 saturated carbocycles. The Hall–Kier alpha value is -3.16. The molecule has 3 aromatic heterocycles. The van der Waals surface area contributed by atoms with E-state index < -0.39 is 17.9 Å². The lowest BCUT2D eigenvalue weighted by Crippen LogP contribution is -2.38. The van der Waals surface area contributed by atoms with E-state index in [1.54, 1.807) is 29.1 Å². The minimum atomic E-state index is -1.11. The lowest BCUT2D eigenvalue weighted by atomic mass is 10.1. The molecule has 0 aliphatic rings. The lowest BCUT2D eigenvalue weighted by Gasteiger charge is -2.12. The van der Waals surface area contributed by atoms with E-state index in [1.165, 1.54) is 13.2 Å². The summed E-state index contributed by atoms with van der Waals surface area (Å²) >= 11 is 0. The van der Waals surface area contributed by atoms with E-state index in [1.807, 2.05) is 13.8 Å². The van der Waals surface area contributed by atoms with E-state index >= 15 is 0 Å². The highest BCUT2D eigenvalue weighted by Gasteiger charge is 2.22. The summed E-state index contributed by atoms with van der Waals surface area (Å²) in [7, 11) is 0. The summed E-state index contributed by atoms with van der Waals surface area (Å²) < 4.78 is 7.09. The van der Waals surface area contributed by atoms with E-state index in [9.17, 15) is 9.59 Å². The molecule has 2 N–H and O–H groups in total. The highest BCUT2D eigenvalue weighted by Crippen LogP contribution is 2.26. The number of aromatic nitrogens is 3. The minimum absolute atomic E-state index is 0.0469. The molecular weight excluding hydrogens is 324 g/mol. The van der Waals surface area contributed by atoms with Gasteiger partial charge in [-0.25, -0.2) is 9.67 Å². The molecule has 0 saturated heterocycles. The van der Waals surface area contributed by atoms with E-state index in [4.69, 9.17) is 9.52 Å². The largest absolute Gasteiger partial charge is 0.480 e. The maximum absolute atomic E-state index is 12.6. The Kier molecular flexibility index (Phi) is 4.26. The van der Waals surface area contributed by atoms with Crippen LogP contribution in [0.4, 0.5) is 0 Å². The standard InChI is InChI=1S/C17H18N4O4/c1-9(2)21-15-12(8-18-21)11(16(22)19-10(3)17(23)24)7-13(20-15)14-5-4-6-25-14/h4-10H,1-3H3,(H,19,22)(H,23,24)/t10-/m0/s1. The highest BCUT2D eigenvalue weighted by molar-refractivity contribution is 6.07. The van der Waals surface area contributed by atoms with E-state index in [0.717, 1.165) is 0 Å². The molecule has 8 heteroatoms. The van der Waals surface area contributed by atoms with Crippen molar-refractivity contribution in [2.75, 3.05) is 0 Å². The molecule has 0 spiro atoms. The number of rotatable bonds is 5. The Morgan fingerprint density at radius 3 is 2.68 bits per heavy atom. The molecule has 8 nitrogen and oxygen atoms in total. The van der Waals surface area contributed by atoms with Crippen molar-refractivity contribution in [1.82, 2.24) is 20.1 Å². The molecule has 0 aliphatic heterocycles. The zero-order valence-corrected chi connectivity index (χ0v) is 14.1. The van der Waals surface area contributed by atoms with Gasteiger partial charge in [0.25, 0.3) is 5.91 Å². The second-order valence-corrected chi connectivity index (χ2v) is 5.99. The number of nitrogens with one attached hydrogen (secondary N) is 1. The van der Waals surface area contributed by atoms with Crippen LogP contribution in [0, 0.1) is 0 Å². The first kappa shape index (κ1) is 16.7. The Balaban J connectivity index is 2.16. The van der Waals surface area contributed by atoms with Crippen LogP contribution in [0.3, 0.4) is 0 Å². The number of hydrogen-bond acceptors (Lipinski definition) is 5. The molecule has 1 amide bonds. The van der Waals surface area contributed by atoms with Crippen molar-refractivity contribution in [2.24, 2.45) is 0 Å². The number of hydrogen-bond donors (Lipinski definition) is 2. The van der Waals surface area contributed by atoms with Crippen LogP contribution in [0.5, 0.6) is 0 Å². The van der Waals surface area contributed by atoms with E-state index in [2.05, 4.69) is 15.4 Å². The normalized spacial score (nSPS) is 12.5. The minimum Gasteiger partial charge on any atom is -0.480 e. The molecule has 25 heavy (non-hydrogen) atoms. The van der Waals surface area contributed by atoms with Crippen molar-refractivity contribution >= 4 is 22.9 Å². The predicted molar refractivity (Wildman–Crippen MR) is 90.2 cm³/mol. The molecule has 3 heterocycles. The third-order valence-corrected chi connectivity index (χ3v) is 3.79. The molecule has 0 radical (unpaired) electrons. The van der Waals surface area contributed by atoms with Crippen molar-refractivity contribution < 1.29 is 19.1 Å². The molecule has 130 valence electrons. The summed E-state index contributed by atoms with van der Waals surface area (Å²) in [5.74, 6) is -1.10. The van der Waals surface area contributed by atoms with Gasteiger partial charge in [0, 0.05) is 6.04 Å². The summed E-state index contributed by atoms with van der Waals surface area (Å²) in [5, 5.41) is 16.3. The predicted octanol–water partition coefficient (Wildman–Crippen LogP) is 2.48. The number of carbonyl (C=O) groups is 2. The van der Waals surface area contributed by atoms with Crippen LogP contribution in [-0.4, -0.2) is 37.8 Å². The molecule has 0 unspecified atom stereocenters. The first-order valence-corrected chi connectivity index (χ1v) is 7.84. The molecule has 0 aromatic carbocycles. The van der Waals surface area contributed by atoms with Crippen LogP contribution in [0.2, 0.25) is 0 Å². The van der Waals surface area contributed by atoms with Crippen LogP contribution in [0.25, 0.3) is 22.5 Å². The van der Waals surface area contributed by atoms with Crippen LogP contribution in [-0.2, 0) is 4.79 Å². The number of carboxylic acids is 1. The smallest absolute Gasteiger partial charge is 0.325 e. The van der Waals surface area contributed by atoms with Gasteiger partial charge in [0.05, 0.1) is 23.4 Å². The zero-order valence-electron chi connectivity index (χ0n) is 14.1. The van der Waals surface area contributed by atoms with Gasteiger partial charge in [-0.1, -0.05) is 0 Å². The summed E-state index contributed by atoms with van der Waals surface area (Å²) in [6.07, 6.45) is 3.09. The van der Waals surface area contributed by atoms with Crippen molar-refractivity contribution in [3.05, 3.63) is 36.2 Å². The summed E-state index contributed by atoms with van der Waals surface area (Å²) in [6.45, 7) is 5.32. The average molecular weight is 342 g/mol. The van der Waals surface area contributed by atoms with Gasteiger partial charge < -0.3 is 14.8 Å².